The molecule has 1 aromatic carbocycles. The summed E-state index contributed by atoms with van der Waals surface area (Å²) in [6.45, 7) is 5.67. The van der Waals surface area contributed by atoms with Crippen LogP contribution in [0, 0.1) is 6.92 Å². The van der Waals surface area contributed by atoms with Gasteiger partial charge in [0, 0.05) is 17.7 Å². The average Bonchev–Trinajstić information content (AvgIpc) is 2.82. The molecule has 4 nitrogen and oxygen atoms in total. The smallest absolute Gasteiger partial charge is 0.170 e. The maximum atomic E-state index is 5.66. The van der Waals surface area contributed by atoms with Crippen molar-refractivity contribution in [3.8, 4) is 17.1 Å². The van der Waals surface area contributed by atoms with Crippen LogP contribution in [0.5, 0.6) is 5.75 Å². The van der Waals surface area contributed by atoms with Crippen molar-refractivity contribution in [3.05, 3.63) is 35.5 Å². The predicted molar refractivity (Wildman–Crippen MR) is 79.8 cm³/mol. The van der Waals surface area contributed by atoms with Crippen molar-refractivity contribution in [2.45, 2.75) is 33.2 Å². The van der Waals surface area contributed by atoms with Gasteiger partial charge >= 0.3 is 0 Å². The number of unbranched alkanes of at least 4 members (excludes halogenated alkanes) is 1. The summed E-state index contributed by atoms with van der Waals surface area (Å²) >= 11 is 0. The van der Waals surface area contributed by atoms with Crippen molar-refractivity contribution < 1.29 is 9.26 Å². The average molecular weight is 274 g/mol. The van der Waals surface area contributed by atoms with E-state index in [1.54, 1.807) is 0 Å². The number of benzene rings is 1. The van der Waals surface area contributed by atoms with Crippen LogP contribution in [0.4, 0.5) is 0 Å². The van der Waals surface area contributed by atoms with E-state index >= 15 is 0 Å². The molecule has 0 atom stereocenters. The lowest BCUT2D eigenvalue weighted by Crippen LogP contribution is -2.06. The van der Waals surface area contributed by atoms with E-state index in [2.05, 4.69) is 17.4 Å². The van der Waals surface area contributed by atoms with Crippen LogP contribution in [0.1, 0.15) is 31.0 Å². The van der Waals surface area contributed by atoms with Crippen LogP contribution in [-0.2, 0) is 6.54 Å². The molecule has 0 aliphatic heterocycles. The molecule has 1 aromatic heterocycles. The van der Waals surface area contributed by atoms with Crippen LogP contribution >= 0.6 is 0 Å². The topological polar surface area (TPSA) is 47.3 Å². The van der Waals surface area contributed by atoms with Gasteiger partial charge in [0.15, 0.2) is 5.76 Å². The lowest BCUT2D eigenvalue weighted by Gasteiger charge is -2.05. The fourth-order valence-corrected chi connectivity index (χ4v) is 2.01. The molecule has 0 radical (unpaired) electrons. The highest BCUT2D eigenvalue weighted by Crippen LogP contribution is 2.27. The second-order valence-electron chi connectivity index (χ2n) is 4.84. The number of rotatable bonds is 7. The van der Waals surface area contributed by atoms with Gasteiger partial charge in [0.1, 0.15) is 11.4 Å². The first-order valence-electron chi connectivity index (χ1n) is 7.09. The molecule has 0 bridgehead atoms. The monoisotopic (exact) mass is 274 g/mol. The molecule has 1 N–H and O–H groups in total. The van der Waals surface area contributed by atoms with E-state index in [-0.39, 0.29) is 0 Å². The Kier molecular flexibility index (Phi) is 5.18. The molecule has 0 fully saturated rings. The zero-order chi connectivity index (χ0) is 14.4. The Morgan fingerprint density at radius 3 is 2.65 bits per heavy atom. The molecular formula is C16H22N2O2. The number of hydrogen-bond acceptors (Lipinski definition) is 4. The maximum absolute atomic E-state index is 5.66. The zero-order valence-electron chi connectivity index (χ0n) is 12.4. The molecular weight excluding hydrogens is 252 g/mol. The van der Waals surface area contributed by atoms with Crippen molar-refractivity contribution in [1.29, 1.82) is 0 Å². The zero-order valence-corrected chi connectivity index (χ0v) is 12.4. The van der Waals surface area contributed by atoms with E-state index in [4.69, 9.17) is 9.26 Å². The van der Waals surface area contributed by atoms with Gasteiger partial charge in [-0.15, -0.1) is 0 Å². The Balaban J connectivity index is 2.09. The molecule has 0 aliphatic carbocycles. The molecule has 4 heteroatoms. The summed E-state index contributed by atoms with van der Waals surface area (Å²) in [4.78, 5) is 0. The second kappa shape index (κ2) is 7.10. The fourth-order valence-electron chi connectivity index (χ4n) is 2.01. The van der Waals surface area contributed by atoms with Crippen LogP contribution in [0.2, 0.25) is 0 Å². The van der Waals surface area contributed by atoms with E-state index in [1.807, 2.05) is 38.2 Å². The Hall–Kier alpha value is -1.81. The molecule has 2 aromatic rings. The van der Waals surface area contributed by atoms with Crippen molar-refractivity contribution >= 4 is 0 Å². The van der Waals surface area contributed by atoms with E-state index in [0.717, 1.165) is 47.8 Å². The van der Waals surface area contributed by atoms with E-state index < -0.39 is 0 Å². The second-order valence-corrected chi connectivity index (χ2v) is 4.84. The van der Waals surface area contributed by atoms with E-state index in [9.17, 15) is 0 Å². The minimum absolute atomic E-state index is 0.716. The number of hydrogen-bond donors (Lipinski definition) is 1. The standard InChI is InChI=1S/C16H22N2O2/c1-4-5-10-19-14-8-6-13(7-9-14)16-12(2)15(11-17-3)18-20-16/h6-9,17H,4-5,10-11H2,1-3H3. The van der Waals surface area contributed by atoms with Crippen LogP contribution < -0.4 is 10.1 Å². The first kappa shape index (κ1) is 14.6. The Morgan fingerprint density at radius 2 is 2.00 bits per heavy atom. The third-order valence-electron chi connectivity index (χ3n) is 3.25. The van der Waals surface area contributed by atoms with E-state index in [1.165, 1.54) is 0 Å². The number of aromatic nitrogens is 1. The summed E-state index contributed by atoms with van der Waals surface area (Å²) in [5.41, 5.74) is 3.06. The molecule has 0 aliphatic rings. The summed E-state index contributed by atoms with van der Waals surface area (Å²) in [6.07, 6.45) is 2.22. The van der Waals surface area contributed by atoms with Gasteiger partial charge in [0.2, 0.25) is 0 Å². The maximum Gasteiger partial charge on any atom is 0.170 e. The van der Waals surface area contributed by atoms with Gasteiger partial charge in [0.05, 0.1) is 6.61 Å². The van der Waals surface area contributed by atoms with Gasteiger partial charge < -0.3 is 14.6 Å². The largest absolute Gasteiger partial charge is 0.494 e. The molecule has 0 saturated carbocycles. The number of ether oxygens (including phenoxy) is 1. The Bertz CT molecular complexity index is 532. The summed E-state index contributed by atoms with van der Waals surface area (Å²) in [7, 11) is 1.90. The molecule has 0 amide bonds. The van der Waals surface area contributed by atoms with Crippen molar-refractivity contribution in [2.24, 2.45) is 0 Å². The normalized spacial score (nSPS) is 10.8. The minimum atomic E-state index is 0.716. The van der Waals surface area contributed by atoms with Gasteiger partial charge in [0.25, 0.3) is 0 Å². The third-order valence-corrected chi connectivity index (χ3v) is 3.25. The van der Waals surface area contributed by atoms with Crippen LogP contribution in [0.3, 0.4) is 0 Å². The van der Waals surface area contributed by atoms with Crippen LogP contribution in [-0.4, -0.2) is 18.8 Å². The van der Waals surface area contributed by atoms with E-state index in [0.29, 0.717) is 6.54 Å². The quantitative estimate of drug-likeness (QED) is 0.784. The van der Waals surface area contributed by atoms with Gasteiger partial charge in [-0.1, -0.05) is 18.5 Å². The molecule has 20 heavy (non-hydrogen) atoms. The first-order valence-corrected chi connectivity index (χ1v) is 7.09. The molecule has 108 valence electrons. The van der Waals surface area contributed by atoms with Gasteiger partial charge in [-0.25, -0.2) is 0 Å². The van der Waals surface area contributed by atoms with Gasteiger partial charge in [-0.3, -0.25) is 0 Å². The molecule has 0 spiro atoms. The highest BCUT2D eigenvalue weighted by atomic mass is 16.5. The molecule has 2 rings (SSSR count). The first-order chi connectivity index (χ1) is 9.76. The molecule has 0 unspecified atom stereocenters. The highest BCUT2D eigenvalue weighted by Gasteiger charge is 2.13. The van der Waals surface area contributed by atoms with Crippen molar-refractivity contribution in [2.75, 3.05) is 13.7 Å². The van der Waals surface area contributed by atoms with Crippen molar-refractivity contribution in [3.63, 3.8) is 0 Å². The van der Waals surface area contributed by atoms with Crippen molar-refractivity contribution in [1.82, 2.24) is 10.5 Å². The predicted octanol–water partition coefficient (Wildman–Crippen LogP) is 3.55. The van der Waals surface area contributed by atoms with Gasteiger partial charge in [-0.2, -0.15) is 0 Å². The lowest BCUT2D eigenvalue weighted by atomic mass is 10.1. The number of nitrogens with one attached hydrogen (secondary N) is 1. The van der Waals surface area contributed by atoms with Crippen LogP contribution in [0.15, 0.2) is 28.8 Å². The summed E-state index contributed by atoms with van der Waals surface area (Å²) in [5, 5.41) is 7.18. The minimum Gasteiger partial charge on any atom is -0.494 e. The SMILES string of the molecule is CCCCOc1ccc(-c2onc(CNC)c2C)cc1. The lowest BCUT2D eigenvalue weighted by molar-refractivity contribution is 0.309. The summed E-state index contributed by atoms with van der Waals surface area (Å²) < 4.78 is 11.1. The molecule has 1 heterocycles. The summed E-state index contributed by atoms with van der Waals surface area (Å²) in [6, 6.07) is 7.98. The number of nitrogens with zero attached hydrogens (tertiary/aromatic N) is 1. The Labute approximate surface area is 120 Å². The van der Waals surface area contributed by atoms with Crippen LogP contribution in [0.25, 0.3) is 11.3 Å². The fraction of sp³-hybridized carbons (Fsp3) is 0.438. The molecule has 0 saturated heterocycles. The van der Waals surface area contributed by atoms with Gasteiger partial charge in [-0.05, 0) is 44.7 Å². The summed E-state index contributed by atoms with van der Waals surface area (Å²) in [5.74, 6) is 1.73. The third kappa shape index (κ3) is 3.39. The Morgan fingerprint density at radius 1 is 1.25 bits per heavy atom. The highest BCUT2D eigenvalue weighted by molar-refractivity contribution is 5.62.